The Morgan fingerprint density at radius 2 is 2.22 bits per heavy atom. The minimum atomic E-state index is 0.258. The Labute approximate surface area is 111 Å². The molecule has 1 saturated heterocycles. The average Bonchev–Trinajstić information content (AvgIpc) is 2.82. The fourth-order valence-electron chi connectivity index (χ4n) is 2.11. The molecule has 1 aromatic rings. The Morgan fingerprint density at radius 1 is 1.33 bits per heavy atom. The van der Waals surface area contributed by atoms with E-state index in [-0.39, 0.29) is 5.37 Å². The third-order valence-electron chi connectivity index (χ3n) is 3.10. The third-order valence-corrected chi connectivity index (χ3v) is 4.44. The van der Waals surface area contributed by atoms with Crippen LogP contribution in [-0.4, -0.2) is 34.6 Å². The molecule has 1 N–H and O–H groups in total. The second-order valence-corrected chi connectivity index (χ2v) is 5.87. The number of aromatic nitrogens is 1. The van der Waals surface area contributed by atoms with Gasteiger partial charge >= 0.3 is 0 Å². The summed E-state index contributed by atoms with van der Waals surface area (Å²) in [5.74, 6) is 0. The molecule has 0 saturated carbocycles. The summed E-state index contributed by atoms with van der Waals surface area (Å²) in [6, 6.07) is 6.06. The minimum absolute atomic E-state index is 0.258. The van der Waals surface area contributed by atoms with E-state index >= 15 is 0 Å². The van der Waals surface area contributed by atoms with E-state index in [4.69, 9.17) is 0 Å². The van der Waals surface area contributed by atoms with E-state index in [0.29, 0.717) is 5.25 Å². The fraction of sp³-hybridized carbons (Fsp3) is 0.286. The van der Waals surface area contributed by atoms with Gasteiger partial charge in [0.25, 0.3) is 0 Å². The second kappa shape index (κ2) is 4.61. The first-order valence-electron chi connectivity index (χ1n) is 6.01. The highest BCUT2D eigenvalue weighted by molar-refractivity contribution is 8.00. The molecule has 2 heterocycles. The lowest BCUT2D eigenvalue weighted by Gasteiger charge is -2.09. The number of nitrogens with one attached hydrogen (secondary N) is 1. The highest BCUT2D eigenvalue weighted by Crippen LogP contribution is 2.40. The van der Waals surface area contributed by atoms with Crippen molar-refractivity contribution in [1.82, 2.24) is 10.3 Å². The maximum atomic E-state index is 4.42. The summed E-state index contributed by atoms with van der Waals surface area (Å²) in [5, 5.41) is 4.25. The molecule has 0 spiro atoms. The minimum Gasteiger partial charge on any atom is -0.370 e. The summed E-state index contributed by atoms with van der Waals surface area (Å²) in [6.45, 7) is 0. The van der Waals surface area contributed by atoms with E-state index in [1.807, 2.05) is 30.1 Å². The SMILES string of the molecule is C[N+](C)=C1C=CC2SC(c3ccccn3)NC2=C1. The molecule has 0 bridgehead atoms. The van der Waals surface area contributed by atoms with Crippen LogP contribution in [-0.2, 0) is 0 Å². The zero-order chi connectivity index (χ0) is 12.5. The maximum absolute atomic E-state index is 4.42. The molecule has 2 aliphatic rings. The molecule has 0 radical (unpaired) electrons. The van der Waals surface area contributed by atoms with E-state index in [9.17, 15) is 0 Å². The largest absolute Gasteiger partial charge is 0.370 e. The first-order chi connectivity index (χ1) is 8.74. The van der Waals surface area contributed by atoms with Gasteiger partial charge in [-0.05, 0) is 12.1 Å². The Hall–Kier alpha value is -1.55. The predicted molar refractivity (Wildman–Crippen MR) is 75.8 cm³/mol. The molecule has 3 rings (SSSR count). The molecule has 3 nitrogen and oxygen atoms in total. The lowest BCUT2D eigenvalue weighted by Crippen LogP contribution is -2.20. The van der Waals surface area contributed by atoms with Gasteiger partial charge in [0.1, 0.15) is 19.5 Å². The van der Waals surface area contributed by atoms with Crippen LogP contribution in [0.5, 0.6) is 0 Å². The number of nitrogens with zero attached hydrogens (tertiary/aromatic N) is 2. The van der Waals surface area contributed by atoms with E-state index in [1.165, 1.54) is 11.4 Å². The van der Waals surface area contributed by atoms with E-state index in [2.05, 4.69) is 53.3 Å². The van der Waals surface area contributed by atoms with E-state index < -0.39 is 0 Å². The summed E-state index contributed by atoms with van der Waals surface area (Å²) in [6.07, 6.45) is 8.51. The van der Waals surface area contributed by atoms with Crippen molar-refractivity contribution in [2.45, 2.75) is 10.6 Å². The van der Waals surface area contributed by atoms with Crippen LogP contribution in [0.1, 0.15) is 11.1 Å². The third kappa shape index (κ3) is 2.08. The number of fused-ring (bicyclic) bond motifs is 1. The number of thioether (sulfide) groups is 1. The van der Waals surface area contributed by atoms with Crippen LogP contribution >= 0.6 is 11.8 Å². The van der Waals surface area contributed by atoms with E-state index in [0.717, 1.165) is 5.69 Å². The lowest BCUT2D eigenvalue weighted by atomic mass is 10.1. The van der Waals surface area contributed by atoms with Crippen LogP contribution < -0.4 is 5.32 Å². The van der Waals surface area contributed by atoms with Gasteiger partial charge in [-0.15, -0.1) is 11.8 Å². The number of hydrogen-bond acceptors (Lipinski definition) is 3. The van der Waals surface area contributed by atoms with Gasteiger partial charge in [-0.2, -0.15) is 0 Å². The van der Waals surface area contributed by atoms with Gasteiger partial charge in [-0.1, -0.05) is 12.1 Å². The number of allylic oxidation sites excluding steroid dienone is 2. The van der Waals surface area contributed by atoms with Crippen molar-refractivity contribution in [2.24, 2.45) is 0 Å². The maximum Gasteiger partial charge on any atom is 0.200 e. The van der Waals surface area contributed by atoms with Crippen molar-refractivity contribution in [2.75, 3.05) is 14.1 Å². The number of rotatable bonds is 1. The molecule has 92 valence electrons. The van der Waals surface area contributed by atoms with Crippen LogP contribution in [0.4, 0.5) is 0 Å². The quantitative estimate of drug-likeness (QED) is 0.780. The van der Waals surface area contributed by atoms with Crippen molar-refractivity contribution in [3.63, 3.8) is 0 Å². The molecule has 0 aromatic carbocycles. The van der Waals surface area contributed by atoms with Crippen molar-refractivity contribution in [3.8, 4) is 0 Å². The lowest BCUT2D eigenvalue weighted by molar-refractivity contribution is -0.462. The molecule has 2 unspecified atom stereocenters. The predicted octanol–water partition coefficient (Wildman–Crippen LogP) is 1.95. The van der Waals surface area contributed by atoms with Gasteiger partial charge in [0.05, 0.1) is 10.9 Å². The van der Waals surface area contributed by atoms with Crippen LogP contribution in [0.25, 0.3) is 0 Å². The molecule has 4 heteroatoms. The monoisotopic (exact) mass is 258 g/mol. The van der Waals surface area contributed by atoms with Crippen LogP contribution in [0, 0.1) is 0 Å². The Kier molecular flexibility index (Phi) is 2.96. The Balaban J connectivity index is 1.86. The van der Waals surface area contributed by atoms with Gasteiger partial charge in [0, 0.05) is 24.0 Å². The molecule has 1 aliphatic carbocycles. The van der Waals surface area contributed by atoms with E-state index in [1.54, 1.807) is 0 Å². The van der Waals surface area contributed by atoms with Crippen molar-refractivity contribution >= 4 is 17.5 Å². The van der Waals surface area contributed by atoms with Crippen LogP contribution in [0.2, 0.25) is 0 Å². The van der Waals surface area contributed by atoms with Gasteiger partial charge in [-0.25, -0.2) is 4.58 Å². The fourth-order valence-corrected chi connectivity index (χ4v) is 3.33. The molecule has 2 atom stereocenters. The first-order valence-corrected chi connectivity index (χ1v) is 6.95. The summed E-state index contributed by atoms with van der Waals surface area (Å²) < 4.78 is 2.13. The smallest absolute Gasteiger partial charge is 0.200 e. The van der Waals surface area contributed by atoms with Gasteiger partial charge in [-0.3, -0.25) is 4.98 Å². The molecular formula is C14H16N3S+. The molecular weight excluding hydrogens is 242 g/mol. The zero-order valence-electron chi connectivity index (χ0n) is 10.5. The molecule has 0 amide bonds. The summed E-state index contributed by atoms with van der Waals surface area (Å²) in [4.78, 5) is 4.42. The topological polar surface area (TPSA) is 27.9 Å². The van der Waals surface area contributed by atoms with Gasteiger partial charge in [0.2, 0.25) is 5.71 Å². The van der Waals surface area contributed by atoms with Crippen molar-refractivity contribution < 1.29 is 4.58 Å². The number of hydrogen-bond donors (Lipinski definition) is 1. The number of pyridine rings is 1. The first kappa shape index (κ1) is 11.5. The van der Waals surface area contributed by atoms with Crippen molar-refractivity contribution in [1.29, 1.82) is 0 Å². The average molecular weight is 258 g/mol. The normalized spacial score (nSPS) is 25.4. The van der Waals surface area contributed by atoms with Gasteiger partial charge in [0.15, 0.2) is 0 Å². The van der Waals surface area contributed by atoms with Crippen LogP contribution in [0.15, 0.2) is 48.3 Å². The standard InChI is InChI=1S/C14H15N3S/c1-17(2)10-6-7-13-12(9-10)16-14(18-13)11-5-3-4-8-15-11/h3-9,13-14H,1-2H3/p+1. The molecule has 1 aliphatic heterocycles. The van der Waals surface area contributed by atoms with Crippen molar-refractivity contribution in [3.05, 3.63) is 54.0 Å². The summed E-state index contributed by atoms with van der Waals surface area (Å²) in [5.41, 5.74) is 3.61. The Morgan fingerprint density at radius 3 is 2.94 bits per heavy atom. The Bertz CT molecular complexity index is 541. The summed E-state index contributed by atoms with van der Waals surface area (Å²) in [7, 11) is 4.13. The second-order valence-electron chi connectivity index (χ2n) is 4.61. The van der Waals surface area contributed by atoms with Gasteiger partial charge < -0.3 is 5.32 Å². The zero-order valence-corrected chi connectivity index (χ0v) is 11.3. The molecule has 1 fully saturated rings. The molecule has 18 heavy (non-hydrogen) atoms. The highest BCUT2D eigenvalue weighted by Gasteiger charge is 2.32. The summed E-state index contributed by atoms with van der Waals surface area (Å²) >= 11 is 1.90. The highest BCUT2D eigenvalue weighted by atomic mass is 32.2. The van der Waals surface area contributed by atoms with Crippen LogP contribution in [0.3, 0.4) is 0 Å². The molecule has 1 aromatic heterocycles.